The van der Waals surface area contributed by atoms with Crippen LogP contribution in [0.3, 0.4) is 0 Å². The molecule has 4 aromatic rings. The molecule has 0 saturated heterocycles. The topological polar surface area (TPSA) is 69.9 Å². The van der Waals surface area contributed by atoms with Crippen LogP contribution >= 0.6 is 56.5 Å². The van der Waals surface area contributed by atoms with Gasteiger partial charge in [-0.05, 0) is 87.4 Å². The Morgan fingerprint density at radius 2 is 1.84 bits per heavy atom. The van der Waals surface area contributed by atoms with Gasteiger partial charge in [0.15, 0.2) is 4.80 Å². The van der Waals surface area contributed by atoms with E-state index in [4.69, 9.17) is 14.5 Å². The van der Waals surface area contributed by atoms with E-state index in [9.17, 15) is 9.59 Å². The highest BCUT2D eigenvalue weighted by atomic mass is 127. The highest BCUT2D eigenvalue weighted by molar-refractivity contribution is 14.1. The Morgan fingerprint density at radius 1 is 1.12 bits per heavy atom. The van der Waals surface area contributed by atoms with Crippen LogP contribution in [0, 0.1) is 7.14 Å². The van der Waals surface area contributed by atoms with Crippen LogP contribution < -0.4 is 19.6 Å². The average Bonchev–Trinajstić information content (AvgIpc) is 3.30. The van der Waals surface area contributed by atoms with E-state index in [2.05, 4.69) is 77.7 Å². The number of fused-ring (bicyclic) bond motifs is 1. The number of rotatable bonds is 9. The van der Waals surface area contributed by atoms with E-state index in [0.717, 1.165) is 23.8 Å². The third-order valence-electron chi connectivity index (χ3n) is 6.96. The first kappa shape index (κ1) is 31.4. The van der Waals surface area contributed by atoms with Gasteiger partial charge in [0.25, 0.3) is 5.56 Å². The largest absolute Gasteiger partial charge is 0.488 e. The van der Waals surface area contributed by atoms with Crippen molar-refractivity contribution in [3.8, 4) is 5.75 Å². The van der Waals surface area contributed by atoms with Crippen LogP contribution in [0.4, 0.5) is 0 Å². The van der Waals surface area contributed by atoms with E-state index in [1.165, 1.54) is 16.9 Å². The summed E-state index contributed by atoms with van der Waals surface area (Å²) in [6.45, 7) is 10.4. The summed E-state index contributed by atoms with van der Waals surface area (Å²) in [5, 5.41) is 0. The highest BCUT2D eigenvalue weighted by Gasteiger charge is 2.35. The fourth-order valence-corrected chi connectivity index (χ4v) is 7.98. The molecule has 1 aliphatic rings. The average molecular weight is 816 g/mol. The molecule has 1 atom stereocenters. The predicted molar refractivity (Wildman–Crippen MR) is 189 cm³/mol. The number of thiazole rings is 1. The Labute approximate surface area is 281 Å². The van der Waals surface area contributed by atoms with Gasteiger partial charge >= 0.3 is 5.97 Å². The second-order valence-electron chi connectivity index (χ2n) is 10.2. The first-order valence-electron chi connectivity index (χ1n) is 13.8. The highest BCUT2D eigenvalue weighted by Crippen LogP contribution is 2.36. The smallest absolute Gasteiger partial charge is 0.338 e. The molecule has 1 aromatic heterocycles. The lowest BCUT2D eigenvalue weighted by atomic mass is 9.91. The van der Waals surface area contributed by atoms with Crippen LogP contribution in [-0.4, -0.2) is 23.8 Å². The zero-order valence-corrected chi connectivity index (χ0v) is 29.1. The number of hydrogen-bond acceptors (Lipinski definition) is 6. The van der Waals surface area contributed by atoms with E-state index >= 15 is 0 Å². The van der Waals surface area contributed by atoms with Crippen LogP contribution in [-0.2, 0) is 9.53 Å². The summed E-state index contributed by atoms with van der Waals surface area (Å²) < 4.78 is 15.7. The third-order valence-corrected chi connectivity index (χ3v) is 9.37. The molecule has 0 radical (unpaired) electrons. The molecule has 0 spiro atoms. The van der Waals surface area contributed by atoms with Gasteiger partial charge in [-0.1, -0.05) is 92.4 Å². The second kappa shape index (κ2) is 13.7. The van der Waals surface area contributed by atoms with Crippen LogP contribution in [0.25, 0.3) is 11.8 Å². The summed E-state index contributed by atoms with van der Waals surface area (Å²) in [5.41, 5.74) is 4.14. The van der Waals surface area contributed by atoms with Gasteiger partial charge in [-0.15, -0.1) is 0 Å². The van der Waals surface area contributed by atoms with Crippen molar-refractivity contribution in [1.29, 1.82) is 0 Å². The van der Waals surface area contributed by atoms with Gasteiger partial charge in [0.2, 0.25) is 0 Å². The summed E-state index contributed by atoms with van der Waals surface area (Å²) in [6.07, 6.45) is 3.54. The van der Waals surface area contributed by atoms with Crippen LogP contribution in [0.2, 0.25) is 0 Å². The quantitative estimate of drug-likeness (QED) is 0.106. The summed E-state index contributed by atoms with van der Waals surface area (Å²) in [6, 6.07) is 21.0. The summed E-state index contributed by atoms with van der Waals surface area (Å²) in [4.78, 5) is 33.4. The minimum absolute atomic E-state index is 0.201. The van der Waals surface area contributed by atoms with Gasteiger partial charge in [0.1, 0.15) is 12.4 Å². The summed E-state index contributed by atoms with van der Waals surface area (Å²) >= 11 is 5.80. The minimum Gasteiger partial charge on any atom is -0.488 e. The van der Waals surface area contributed by atoms with Crippen LogP contribution in [0.1, 0.15) is 55.0 Å². The van der Waals surface area contributed by atoms with E-state index in [1.54, 1.807) is 17.6 Å². The number of nitrogens with zero attached hydrogens (tertiary/aromatic N) is 2. The maximum absolute atomic E-state index is 14.3. The normalized spacial score (nSPS) is 14.8. The Hall–Kier alpha value is -3.03. The standard InChI is InChI=1S/C34H30I2N2O4S/c1-5-16-42-31-24(17-25(35)19-26(31)36)18-27-32(39)38-30(23-14-12-21(13-15-23)20(3)4)28(33(40)41-6-2)29(37-34(38)43-27)22-10-8-7-9-11-22/h5,7-15,17-20,30H,1,6,16H2,2-4H3/b27-18-/t30-/m0/s1. The number of ether oxygens (including phenoxy) is 2. The Morgan fingerprint density at radius 3 is 2.49 bits per heavy atom. The summed E-state index contributed by atoms with van der Waals surface area (Å²) in [5.74, 6) is 0.527. The van der Waals surface area contributed by atoms with E-state index in [-0.39, 0.29) is 12.2 Å². The van der Waals surface area contributed by atoms with Crippen molar-refractivity contribution in [2.75, 3.05) is 13.2 Å². The summed E-state index contributed by atoms with van der Waals surface area (Å²) in [7, 11) is 0. The van der Waals surface area contributed by atoms with Crippen LogP contribution in [0.5, 0.6) is 5.75 Å². The fraction of sp³-hybridized carbons (Fsp3) is 0.206. The lowest BCUT2D eigenvalue weighted by molar-refractivity contribution is -0.138. The molecular weight excluding hydrogens is 786 g/mol. The third kappa shape index (κ3) is 6.58. The minimum atomic E-state index is -0.721. The molecule has 1 aliphatic heterocycles. The molecule has 3 aromatic carbocycles. The molecule has 0 bridgehead atoms. The SMILES string of the molecule is C=CCOc1c(I)cc(I)cc1/C=c1\sc2n(c1=O)[C@@H](c1ccc(C(C)C)cc1)C(C(=O)OCC)=C(c1ccccc1)N=2. The monoisotopic (exact) mass is 816 g/mol. The molecule has 6 nitrogen and oxygen atoms in total. The number of carbonyl (C=O) groups is 1. The van der Waals surface area contributed by atoms with E-state index < -0.39 is 12.0 Å². The molecule has 220 valence electrons. The molecule has 5 rings (SSSR count). The fourth-order valence-electron chi connectivity index (χ4n) is 4.94. The van der Waals surface area contributed by atoms with Crippen molar-refractivity contribution < 1.29 is 14.3 Å². The maximum atomic E-state index is 14.3. The van der Waals surface area contributed by atoms with Gasteiger partial charge in [-0.3, -0.25) is 9.36 Å². The molecule has 0 saturated carbocycles. The first-order chi connectivity index (χ1) is 20.7. The lowest BCUT2D eigenvalue weighted by Gasteiger charge is -2.26. The Bertz CT molecular complexity index is 1890. The number of halogens is 2. The van der Waals surface area contributed by atoms with Gasteiger partial charge in [0.05, 0.1) is 32.0 Å². The van der Waals surface area contributed by atoms with Crippen molar-refractivity contribution in [2.45, 2.75) is 32.7 Å². The maximum Gasteiger partial charge on any atom is 0.338 e. The van der Waals surface area contributed by atoms with Gasteiger partial charge in [0, 0.05) is 14.7 Å². The van der Waals surface area contributed by atoms with Crippen LogP contribution in [0.15, 0.2) is 94.7 Å². The van der Waals surface area contributed by atoms with E-state index in [1.807, 2.05) is 60.7 Å². The molecule has 0 fully saturated rings. The van der Waals surface area contributed by atoms with Crippen molar-refractivity contribution in [1.82, 2.24) is 4.57 Å². The second-order valence-corrected chi connectivity index (χ2v) is 13.6. The number of esters is 1. The number of hydrogen-bond donors (Lipinski definition) is 0. The number of benzene rings is 3. The molecule has 9 heteroatoms. The molecule has 2 heterocycles. The lowest BCUT2D eigenvalue weighted by Crippen LogP contribution is -2.40. The zero-order chi connectivity index (χ0) is 30.7. The van der Waals surface area contributed by atoms with Crippen molar-refractivity contribution in [3.05, 3.63) is 134 Å². The molecular formula is C34H30I2N2O4S. The van der Waals surface area contributed by atoms with Crippen molar-refractivity contribution >= 4 is 74.3 Å². The van der Waals surface area contributed by atoms with Crippen molar-refractivity contribution in [2.24, 2.45) is 4.99 Å². The Balaban J connectivity index is 1.81. The molecule has 0 unspecified atom stereocenters. The van der Waals surface area contributed by atoms with Crippen molar-refractivity contribution in [3.63, 3.8) is 0 Å². The molecule has 43 heavy (non-hydrogen) atoms. The molecule has 0 aliphatic carbocycles. The predicted octanol–water partition coefficient (Wildman–Crippen LogP) is 6.83. The zero-order valence-electron chi connectivity index (χ0n) is 24.0. The molecule has 0 amide bonds. The van der Waals surface area contributed by atoms with Gasteiger partial charge in [-0.2, -0.15) is 0 Å². The first-order valence-corrected chi connectivity index (χ1v) is 16.8. The number of carbonyl (C=O) groups excluding carboxylic acids is 1. The van der Waals surface area contributed by atoms with E-state index in [0.29, 0.717) is 38.9 Å². The Kier molecular flexibility index (Phi) is 10.0. The molecule has 0 N–H and O–H groups in total. The van der Waals surface area contributed by atoms with Gasteiger partial charge in [-0.25, -0.2) is 9.79 Å². The number of aromatic nitrogens is 1. The van der Waals surface area contributed by atoms with Gasteiger partial charge < -0.3 is 9.47 Å².